The third-order valence-corrected chi connectivity index (χ3v) is 8.63. The molecule has 0 unspecified atom stereocenters. The van der Waals surface area contributed by atoms with Crippen LogP contribution in [0.2, 0.25) is 0 Å². The Bertz CT molecular complexity index is 2060. The highest BCUT2D eigenvalue weighted by Crippen LogP contribution is 2.45. The minimum absolute atomic E-state index is 0.0964. The lowest BCUT2D eigenvalue weighted by Crippen LogP contribution is -2.10. The molecule has 7 aromatic rings. The van der Waals surface area contributed by atoms with Gasteiger partial charge in [-0.1, -0.05) is 99.6 Å². The third kappa shape index (κ3) is 3.39. The minimum atomic E-state index is 0.0964. The van der Waals surface area contributed by atoms with Crippen LogP contribution in [0.3, 0.4) is 0 Å². The SMILES string of the molecule is CC(C)(C)c1cc2ccc3c(-c4ccccc4)cc(-c4ccc5oc6c(c5c4)CCC=C6)c4ccc(c1)c2c34. The second kappa shape index (κ2) is 8.07. The Kier molecular flexibility index (Phi) is 4.68. The standard InChI is InChI=1S/C38H30O/c1-38(2,3)27-19-25-13-16-29-31(23-9-5-4-6-10-23)22-32(30-17-14-26(20-27)36(25)37(29)30)24-15-18-35-33(21-24)28-11-7-8-12-34(28)39-35/h4-6,8-10,12-22H,7,11H2,1-3H3. The summed E-state index contributed by atoms with van der Waals surface area (Å²) in [4.78, 5) is 0. The average Bonchev–Trinajstić information content (AvgIpc) is 3.33. The number of aryl methyl sites for hydroxylation is 1. The van der Waals surface area contributed by atoms with Gasteiger partial charge in [-0.3, -0.25) is 0 Å². The smallest absolute Gasteiger partial charge is 0.135 e. The average molecular weight is 503 g/mol. The molecule has 188 valence electrons. The van der Waals surface area contributed by atoms with E-state index in [0.29, 0.717) is 0 Å². The fourth-order valence-electron chi connectivity index (χ4n) is 6.59. The number of rotatable bonds is 2. The summed E-state index contributed by atoms with van der Waals surface area (Å²) < 4.78 is 6.21. The van der Waals surface area contributed by atoms with E-state index in [1.165, 1.54) is 71.1 Å². The lowest BCUT2D eigenvalue weighted by molar-refractivity contribution is 0.591. The monoisotopic (exact) mass is 502 g/mol. The van der Waals surface area contributed by atoms with Gasteiger partial charge in [0.1, 0.15) is 11.3 Å². The Morgan fingerprint density at radius 2 is 1.36 bits per heavy atom. The Balaban J connectivity index is 1.49. The van der Waals surface area contributed by atoms with Crippen LogP contribution >= 0.6 is 0 Å². The van der Waals surface area contributed by atoms with E-state index in [1.807, 2.05) is 0 Å². The molecule has 0 saturated heterocycles. The predicted molar refractivity (Wildman–Crippen MR) is 167 cm³/mol. The minimum Gasteiger partial charge on any atom is -0.456 e. The number of benzene rings is 6. The van der Waals surface area contributed by atoms with Gasteiger partial charge in [-0.05, 0) is 103 Å². The van der Waals surface area contributed by atoms with Gasteiger partial charge < -0.3 is 4.42 Å². The van der Waals surface area contributed by atoms with Crippen molar-refractivity contribution in [1.29, 1.82) is 0 Å². The molecular formula is C38H30O. The lowest BCUT2D eigenvalue weighted by atomic mass is 9.81. The van der Waals surface area contributed by atoms with Gasteiger partial charge in [0.05, 0.1) is 0 Å². The van der Waals surface area contributed by atoms with Crippen molar-refractivity contribution >= 4 is 49.4 Å². The largest absolute Gasteiger partial charge is 0.456 e. The molecule has 1 aromatic heterocycles. The van der Waals surface area contributed by atoms with Crippen LogP contribution in [0, 0.1) is 0 Å². The molecule has 8 rings (SSSR count). The van der Waals surface area contributed by atoms with E-state index in [-0.39, 0.29) is 5.41 Å². The summed E-state index contributed by atoms with van der Waals surface area (Å²) in [5.41, 5.74) is 8.84. The topological polar surface area (TPSA) is 13.1 Å². The van der Waals surface area contributed by atoms with E-state index in [9.17, 15) is 0 Å². The van der Waals surface area contributed by atoms with Gasteiger partial charge in [0.25, 0.3) is 0 Å². The number of furan rings is 1. The highest BCUT2D eigenvalue weighted by atomic mass is 16.3. The summed E-state index contributed by atoms with van der Waals surface area (Å²) >= 11 is 0. The zero-order valence-electron chi connectivity index (χ0n) is 22.6. The van der Waals surface area contributed by atoms with Crippen LogP contribution in [-0.2, 0) is 11.8 Å². The van der Waals surface area contributed by atoms with Gasteiger partial charge >= 0.3 is 0 Å². The Morgan fingerprint density at radius 1 is 0.641 bits per heavy atom. The molecule has 1 aliphatic rings. The zero-order valence-corrected chi connectivity index (χ0v) is 22.6. The van der Waals surface area contributed by atoms with Crippen LogP contribution in [0.1, 0.15) is 44.1 Å². The summed E-state index contributed by atoms with van der Waals surface area (Å²) in [6.45, 7) is 6.89. The number of allylic oxidation sites excluding steroid dienone is 1. The normalized spacial score (nSPS) is 13.7. The van der Waals surface area contributed by atoms with E-state index in [0.717, 1.165) is 24.2 Å². The maximum atomic E-state index is 6.21. The number of hydrogen-bond donors (Lipinski definition) is 0. The maximum Gasteiger partial charge on any atom is 0.135 e. The van der Waals surface area contributed by atoms with E-state index >= 15 is 0 Å². The Labute approximate surface area is 228 Å². The molecule has 0 bridgehead atoms. The predicted octanol–water partition coefficient (Wildman–Crippen LogP) is 10.9. The number of hydrogen-bond acceptors (Lipinski definition) is 1. The Hall–Kier alpha value is -4.36. The summed E-state index contributed by atoms with van der Waals surface area (Å²) in [5, 5.41) is 9.23. The summed E-state index contributed by atoms with van der Waals surface area (Å²) in [6, 6.07) is 34.1. The molecule has 6 aromatic carbocycles. The van der Waals surface area contributed by atoms with Crippen LogP contribution in [0.5, 0.6) is 0 Å². The van der Waals surface area contributed by atoms with Crippen molar-refractivity contribution < 1.29 is 4.42 Å². The van der Waals surface area contributed by atoms with Crippen LogP contribution in [0.4, 0.5) is 0 Å². The van der Waals surface area contributed by atoms with E-state index in [1.54, 1.807) is 0 Å². The first-order valence-corrected chi connectivity index (χ1v) is 14.0. The van der Waals surface area contributed by atoms with Gasteiger partial charge in [-0.2, -0.15) is 0 Å². The molecule has 1 heteroatoms. The molecule has 0 N–H and O–H groups in total. The molecule has 1 aliphatic carbocycles. The highest BCUT2D eigenvalue weighted by molar-refractivity contribution is 6.28. The fraction of sp³-hybridized carbons (Fsp3) is 0.158. The third-order valence-electron chi connectivity index (χ3n) is 8.63. The number of fused-ring (bicyclic) bond motifs is 3. The molecule has 0 aliphatic heterocycles. The molecule has 0 spiro atoms. The molecule has 39 heavy (non-hydrogen) atoms. The maximum absolute atomic E-state index is 6.21. The fourth-order valence-corrected chi connectivity index (χ4v) is 6.59. The van der Waals surface area contributed by atoms with Gasteiger partial charge in [0.15, 0.2) is 0 Å². The first-order valence-electron chi connectivity index (χ1n) is 14.0. The molecule has 0 radical (unpaired) electrons. The van der Waals surface area contributed by atoms with Crippen molar-refractivity contribution in [3.05, 3.63) is 114 Å². The summed E-state index contributed by atoms with van der Waals surface area (Å²) in [5.74, 6) is 1.02. The molecular weight excluding hydrogens is 472 g/mol. The zero-order chi connectivity index (χ0) is 26.3. The molecule has 1 nitrogen and oxygen atoms in total. The van der Waals surface area contributed by atoms with Gasteiger partial charge in [0, 0.05) is 10.9 Å². The first kappa shape index (κ1) is 22.6. The van der Waals surface area contributed by atoms with Crippen molar-refractivity contribution in [3.8, 4) is 22.3 Å². The Morgan fingerprint density at radius 3 is 2.08 bits per heavy atom. The van der Waals surface area contributed by atoms with Crippen molar-refractivity contribution in [3.63, 3.8) is 0 Å². The quantitative estimate of drug-likeness (QED) is 0.214. The van der Waals surface area contributed by atoms with Crippen molar-refractivity contribution in [2.24, 2.45) is 0 Å². The van der Waals surface area contributed by atoms with Crippen molar-refractivity contribution in [2.45, 2.75) is 39.0 Å². The van der Waals surface area contributed by atoms with Crippen LogP contribution in [0.25, 0.3) is 71.6 Å². The summed E-state index contributed by atoms with van der Waals surface area (Å²) in [7, 11) is 0. The van der Waals surface area contributed by atoms with Crippen molar-refractivity contribution in [1.82, 2.24) is 0 Å². The molecule has 0 amide bonds. The first-order chi connectivity index (χ1) is 19.0. The highest BCUT2D eigenvalue weighted by Gasteiger charge is 2.21. The van der Waals surface area contributed by atoms with Crippen LogP contribution in [0.15, 0.2) is 101 Å². The second-order valence-corrected chi connectivity index (χ2v) is 12.1. The molecule has 0 saturated carbocycles. The van der Waals surface area contributed by atoms with E-state index in [4.69, 9.17) is 4.42 Å². The van der Waals surface area contributed by atoms with Crippen LogP contribution < -0.4 is 0 Å². The second-order valence-electron chi connectivity index (χ2n) is 12.1. The molecule has 0 atom stereocenters. The molecule has 1 heterocycles. The summed E-state index contributed by atoms with van der Waals surface area (Å²) in [6.07, 6.45) is 6.45. The van der Waals surface area contributed by atoms with Crippen LogP contribution in [-0.4, -0.2) is 0 Å². The van der Waals surface area contributed by atoms with Crippen molar-refractivity contribution in [2.75, 3.05) is 0 Å². The van der Waals surface area contributed by atoms with E-state index < -0.39 is 0 Å². The lowest BCUT2D eigenvalue weighted by Gasteiger charge is -2.23. The van der Waals surface area contributed by atoms with E-state index in [2.05, 4.69) is 124 Å². The van der Waals surface area contributed by atoms with Gasteiger partial charge in [-0.25, -0.2) is 0 Å². The van der Waals surface area contributed by atoms with Gasteiger partial charge in [0.2, 0.25) is 0 Å². The van der Waals surface area contributed by atoms with Gasteiger partial charge in [-0.15, -0.1) is 0 Å². The molecule has 0 fully saturated rings.